The van der Waals surface area contributed by atoms with Gasteiger partial charge < -0.3 is 29.9 Å². The van der Waals surface area contributed by atoms with Gasteiger partial charge >= 0.3 is 0 Å². The fourth-order valence-electron chi connectivity index (χ4n) is 1.62. The Morgan fingerprint density at radius 1 is 1.00 bits per heavy atom. The average molecular weight is 222 g/mol. The van der Waals surface area contributed by atoms with Gasteiger partial charge in [0.05, 0.1) is 13.2 Å². The molecular formula is C9H18O6. The van der Waals surface area contributed by atoms with E-state index in [0.717, 1.165) is 0 Å². The molecule has 1 aliphatic heterocycles. The lowest BCUT2D eigenvalue weighted by molar-refractivity contribution is -0.163. The normalized spacial score (nSPS) is 34.0. The lowest BCUT2D eigenvalue weighted by Crippen LogP contribution is -2.45. The number of ether oxygens (including phenoxy) is 2. The van der Waals surface area contributed by atoms with E-state index in [1.165, 1.54) is 0 Å². The highest BCUT2D eigenvalue weighted by molar-refractivity contribution is 4.90. The van der Waals surface area contributed by atoms with Gasteiger partial charge in [-0.2, -0.15) is 0 Å². The molecule has 0 bridgehead atoms. The van der Waals surface area contributed by atoms with Crippen molar-refractivity contribution in [2.24, 2.45) is 0 Å². The summed E-state index contributed by atoms with van der Waals surface area (Å²) in [6.45, 7) is 2.29. The monoisotopic (exact) mass is 222 g/mol. The van der Waals surface area contributed by atoms with E-state index in [4.69, 9.17) is 19.7 Å². The summed E-state index contributed by atoms with van der Waals surface area (Å²) in [5, 5.41) is 36.5. The van der Waals surface area contributed by atoms with Crippen molar-refractivity contribution in [2.75, 3.05) is 13.2 Å². The van der Waals surface area contributed by atoms with Crippen LogP contribution in [-0.2, 0) is 9.47 Å². The van der Waals surface area contributed by atoms with Crippen LogP contribution in [0.4, 0.5) is 0 Å². The zero-order chi connectivity index (χ0) is 11.6. The van der Waals surface area contributed by atoms with Gasteiger partial charge in [-0.1, -0.05) is 0 Å². The molecule has 0 aromatic heterocycles. The Kier molecular flexibility index (Phi) is 4.05. The van der Waals surface area contributed by atoms with Crippen LogP contribution >= 0.6 is 0 Å². The van der Waals surface area contributed by atoms with Gasteiger partial charge in [0.15, 0.2) is 5.79 Å². The molecule has 0 aromatic carbocycles. The standard InChI is InChI=1S/C9H18O6/c1-9(2)14-7(5(12)3-10)8(15-9)6(13)4-11/h5-8,10-13H,3-4H2,1-2H3/t5-,6-,7-,8+/m1/s1. The molecule has 1 rings (SSSR count). The molecule has 0 spiro atoms. The lowest BCUT2D eigenvalue weighted by Gasteiger charge is -2.23. The highest BCUT2D eigenvalue weighted by atomic mass is 16.8. The van der Waals surface area contributed by atoms with Crippen LogP contribution in [0.5, 0.6) is 0 Å². The Balaban J connectivity index is 2.74. The van der Waals surface area contributed by atoms with Gasteiger partial charge in [-0.25, -0.2) is 0 Å². The summed E-state index contributed by atoms with van der Waals surface area (Å²) in [5.74, 6) is -0.943. The maximum absolute atomic E-state index is 9.46. The molecule has 6 nitrogen and oxygen atoms in total. The second-order valence-electron chi connectivity index (χ2n) is 4.06. The van der Waals surface area contributed by atoms with E-state index in [-0.39, 0.29) is 0 Å². The number of aliphatic hydroxyl groups excluding tert-OH is 4. The molecule has 0 radical (unpaired) electrons. The largest absolute Gasteiger partial charge is 0.394 e. The maximum atomic E-state index is 9.46. The lowest BCUT2D eigenvalue weighted by atomic mass is 10.0. The summed E-state index contributed by atoms with van der Waals surface area (Å²) < 4.78 is 10.7. The zero-order valence-corrected chi connectivity index (χ0v) is 8.83. The summed E-state index contributed by atoms with van der Waals surface area (Å²) in [7, 11) is 0. The van der Waals surface area contributed by atoms with Crippen LogP contribution in [0, 0.1) is 0 Å². The van der Waals surface area contributed by atoms with Gasteiger partial charge in [0.1, 0.15) is 24.4 Å². The predicted molar refractivity (Wildman–Crippen MR) is 50.0 cm³/mol. The van der Waals surface area contributed by atoms with Crippen molar-refractivity contribution in [1.82, 2.24) is 0 Å². The highest BCUT2D eigenvalue weighted by Gasteiger charge is 2.47. The van der Waals surface area contributed by atoms with Gasteiger partial charge in [-0.15, -0.1) is 0 Å². The van der Waals surface area contributed by atoms with Crippen molar-refractivity contribution in [3.05, 3.63) is 0 Å². The van der Waals surface area contributed by atoms with Gasteiger partial charge in [0.25, 0.3) is 0 Å². The third-order valence-corrected chi connectivity index (χ3v) is 2.30. The molecule has 1 aliphatic rings. The number of aliphatic hydroxyl groups is 4. The van der Waals surface area contributed by atoms with Gasteiger partial charge in [0, 0.05) is 0 Å². The van der Waals surface area contributed by atoms with E-state index in [0.29, 0.717) is 0 Å². The van der Waals surface area contributed by atoms with E-state index in [2.05, 4.69) is 0 Å². The van der Waals surface area contributed by atoms with E-state index in [1.54, 1.807) is 13.8 Å². The molecule has 0 aliphatic carbocycles. The molecule has 0 saturated carbocycles. The van der Waals surface area contributed by atoms with Crippen LogP contribution in [0.3, 0.4) is 0 Å². The Bertz CT molecular complexity index is 187. The van der Waals surface area contributed by atoms with E-state index in [9.17, 15) is 10.2 Å². The van der Waals surface area contributed by atoms with Crippen molar-refractivity contribution in [1.29, 1.82) is 0 Å². The van der Waals surface area contributed by atoms with Crippen LogP contribution in [0.25, 0.3) is 0 Å². The Hall–Kier alpha value is -0.240. The minimum atomic E-state index is -1.14. The van der Waals surface area contributed by atoms with E-state index < -0.39 is 43.4 Å². The first kappa shape index (κ1) is 12.8. The van der Waals surface area contributed by atoms with Gasteiger partial charge in [-0.3, -0.25) is 0 Å². The zero-order valence-electron chi connectivity index (χ0n) is 8.83. The van der Waals surface area contributed by atoms with Crippen LogP contribution < -0.4 is 0 Å². The van der Waals surface area contributed by atoms with Gasteiger partial charge in [-0.05, 0) is 13.8 Å². The molecule has 4 atom stereocenters. The summed E-state index contributed by atoms with van der Waals surface area (Å²) in [4.78, 5) is 0. The highest BCUT2D eigenvalue weighted by Crippen LogP contribution is 2.31. The SMILES string of the molecule is CC1(C)O[C@@H]([C@H](O)CO)[C@@H]([C@H](O)CO)O1. The first-order chi connectivity index (χ1) is 6.91. The molecule has 1 heterocycles. The van der Waals surface area contributed by atoms with Gasteiger partial charge in [0.2, 0.25) is 0 Å². The second kappa shape index (κ2) is 4.73. The van der Waals surface area contributed by atoms with Crippen molar-refractivity contribution in [3.63, 3.8) is 0 Å². The molecule has 90 valence electrons. The summed E-state index contributed by atoms with van der Waals surface area (Å²) in [5.41, 5.74) is 0. The van der Waals surface area contributed by atoms with E-state index >= 15 is 0 Å². The van der Waals surface area contributed by atoms with Crippen molar-refractivity contribution in [3.8, 4) is 0 Å². The number of hydrogen-bond donors (Lipinski definition) is 4. The molecule has 0 aromatic rings. The van der Waals surface area contributed by atoms with Crippen LogP contribution in [0.2, 0.25) is 0 Å². The van der Waals surface area contributed by atoms with Crippen LogP contribution in [0.1, 0.15) is 13.8 Å². The van der Waals surface area contributed by atoms with Crippen molar-refractivity contribution in [2.45, 2.75) is 44.1 Å². The first-order valence-corrected chi connectivity index (χ1v) is 4.85. The fraction of sp³-hybridized carbons (Fsp3) is 1.00. The molecule has 1 saturated heterocycles. The Labute approximate surface area is 88.1 Å². The summed E-state index contributed by atoms with van der Waals surface area (Å²) in [6.07, 6.45) is -3.96. The molecule has 4 N–H and O–H groups in total. The molecule has 6 heteroatoms. The van der Waals surface area contributed by atoms with Crippen LogP contribution in [0.15, 0.2) is 0 Å². The Morgan fingerprint density at radius 3 is 1.60 bits per heavy atom. The minimum absolute atomic E-state index is 0.487. The maximum Gasteiger partial charge on any atom is 0.164 e. The first-order valence-electron chi connectivity index (χ1n) is 4.85. The minimum Gasteiger partial charge on any atom is -0.394 e. The molecule has 1 fully saturated rings. The third kappa shape index (κ3) is 2.87. The van der Waals surface area contributed by atoms with E-state index in [1.807, 2.05) is 0 Å². The quantitative estimate of drug-likeness (QED) is 0.448. The topological polar surface area (TPSA) is 99.4 Å². The van der Waals surface area contributed by atoms with Crippen molar-refractivity contribution < 1.29 is 29.9 Å². The molecule has 15 heavy (non-hydrogen) atoms. The molecule has 0 unspecified atom stereocenters. The number of rotatable bonds is 4. The predicted octanol–water partition coefficient (Wildman–Crippen LogP) is -1.79. The van der Waals surface area contributed by atoms with Crippen LogP contribution in [-0.4, -0.2) is 63.8 Å². The summed E-state index contributed by atoms with van der Waals surface area (Å²) >= 11 is 0. The molecule has 0 amide bonds. The Morgan fingerprint density at radius 2 is 1.33 bits per heavy atom. The molecular weight excluding hydrogens is 204 g/mol. The fourth-order valence-corrected chi connectivity index (χ4v) is 1.62. The second-order valence-corrected chi connectivity index (χ2v) is 4.06. The van der Waals surface area contributed by atoms with Crippen molar-refractivity contribution >= 4 is 0 Å². The average Bonchev–Trinajstić information content (AvgIpc) is 2.52. The third-order valence-electron chi connectivity index (χ3n) is 2.30. The number of hydrogen-bond acceptors (Lipinski definition) is 6. The summed E-state index contributed by atoms with van der Waals surface area (Å²) in [6, 6.07) is 0. The smallest absolute Gasteiger partial charge is 0.164 e.